The minimum absolute atomic E-state index is 0.0465. The Labute approximate surface area is 283 Å². The lowest BCUT2D eigenvalue weighted by atomic mass is 9.79. The molecule has 2 aromatic carbocycles. The van der Waals surface area contributed by atoms with E-state index in [9.17, 15) is 27.3 Å². The zero-order valence-electron chi connectivity index (χ0n) is 27.0. The van der Waals surface area contributed by atoms with Gasteiger partial charge >= 0.3 is 12.3 Å². The Morgan fingerprint density at radius 2 is 1.73 bits per heavy atom. The summed E-state index contributed by atoms with van der Waals surface area (Å²) in [7, 11) is 0. The summed E-state index contributed by atoms with van der Waals surface area (Å²) in [5.41, 5.74) is -1.67. The Bertz CT molecular complexity index is 1810. The van der Waals surface area contributed by atoms with Gasteiger partial charge in [0.15, 0.2) is 5.69 Å². The molecule has 5 rings (SSSR count). The molecule has 0 bridgehead atoms. The summed E-state index contributed by atoms with van der Waals surface area (Å²) < 4.78 is 74.0. The number of carbonyl (C=O) groups excluding carboxylic acids is 1. The Morgan fingerprint density at radius 3 is 2.37 bits per heavy atom. The summed E-state index contributed by atoms with van der Waals surface area (Å²) in [6, 6.07) is 14.0. The van der Waals surface area contributed by atoms with Crippen molar-refractivity contribution in [1.29, 1.82) is 0 Å². The fourth-order valence-electron chi connectivity index (χ4n) is 5.33. The third kappa shape index (κ3) is 8.58. The monoisotopic (exact) mass is 700 g/mol. The normalized spacial score (nSPS) is 15.3. The van der Waals surface area contributed by atoms with Crippen molar-refractivity contribution >= 4 is 29.0 Å². The number of carbonyl (C=O) groups is 2. The Hall–Kier alpha value is -4.47. The quantitative estimate of drug-likeness (QED) is 0.0927. The second kappa shape index (κ2) is 14.2. The van der Waals surface area contributed by atoms with Crippen LogP contribution < -0.4 is 15.4 Å². The van der Waals surface area contributed by atoms with Gasteiger partial charge in [-0.2, -0.15) is 18.3 Å². The molecule has 10 nitrogen and oxygen atoms in total. The first-order valence-corrected chi connectivity index (χ1v) is 16.7. The lowest BCUT2D eigenvalue weighted by Gasteiger charge is -2.38. The molecular weight excluding hydrogens is 664 g/mol. The Kier molecular flexibility index (Phi) is 10.4. The smallest absolute Gasteiger partial charge is 0.435 e. The van der Waals surface area contributed by atoms with E-state index in [0.29, 0.717) is 29.5 Å². The predicted octanol–water partition coefficient (Wildman–Crippen LogP) is 6.93. The van der Waals surface area contributed by atoms with Crippen LogP contribution in [0.3, 0.4) is 0 Å². The first kappa shape index (κ1) is 35.8. The number of carboxylic acid groups (broad SMARTS) is 1. The maximum atomic E-state index is 15.5. The number of amides is 2. The number of nitrogens with zero attached hydrogens (tertiary/aromatic N) is 3. The minimum Gasteiger partial charge on any atom is -0.598 e. The average molecular weight is 701 g/mol. The molecule has 260 valence electrons. The van der Waals surface area contributed by atoms with E-state index in [2.05, 4.69) is 25.4 Å². The van der Waals surface area contributed by atoms with Gasteiger partial charge in [-0.15, -0.1) is 4.72 Å². The summed E-state index contributed by atoms with van der Waals surface area (Å²) in [4.78, 5) is 28.8. The van der Waals surface area contributed by atoms with Gasteiger partial charge in [-0.05, 0) is 92.6 Å². The highest BCUT2D eigenvalue weighted by molar-refractivity contribution is 7.90. The van der Waals surface area contributed by atoms with Crippen molar-refractivity contribution < 1.29 is 36.8 Å². The van der Waals surface area contributed by atoms with E-state index in [4.69, 9.17) is 5.11 Å². The molecule has 1 saturated carbocycles. The van der Waals surface area contributed by atoms with Gasteiger partial charge in [-0.1, -0.05) is 31.0 Å². The molecule has 2 aromatic heterocycles. The van der Waals surface area contributed by atoms with Gasteiger partial charge in [-0.3, -0.25) is 9.78 Å². The van der Waals surface area contributed by atoms with Crippen molar-refractivity contribution in [2.75, 3.05) is 5.32 Å². The van der Waals surface area contributed by atoms with E-state index in [1.165, 1.54) is 30.3 Å². The van der Waals surface area contributed by atoms with E-state index in [0.717, 1.165) is 35.6 Å². The van der Waals surface area contributed by atoms with Crippen LogP contribution in [-0.4, -0.2) is 41.2 Å². The second-order valence-corrected chi connectivity index (χ2v) is 14.9. The van der Waals surface area contributed by atoms with Gasteiger partial charge in [0.1, 0.15) is 21.8 Å². The predicted molar refractivity (Wildman–Crippen MR) is 176 cm³/mol. The molecule has 0 spiro atoms. The number of nitrogens with one attached hydrogen (secondary N) is 3. The van der Waals surface area contributed by atoms with Crippen LogP contribution in [-0.2, 0) is 29.6 Å². The molecule has 1 fully saturated rings. The molecule has 2 atom stereocenters. The highest BCUT2D eigenvalue weighted by Gasteiger charge is 2.43. The number of rotatable bonds is 12. The van der Waals surface area contributed by atoms with Crippen LogP contribution in [0.5, 0.6) is 0 Å². The largest absolute Gasteiger partial charge is 0.598 e. The minimum atomic E-state index is -4.91. The van der Waals surface area contributed by atoms with Crippen molar-refractivity contribution in [1.82, 2.24) is 24.8 Å². The number of halogens is 4. The van der Waals surface area contributed by atoms with Gasteiger partial charge in [0.2, 0.25) is 0 Å². The van der Waals surface area contributed by atoms with Crippen molar-refractivity contribution in [3.05, 3.63) is 107 Å². The highest BCUT2D eigenvalue weighted by Crippen LogP contribution is 2.43. The first-order chi connectivity index (χ1) is 23.1. The van der Waals surface area contributed by atoms with Crippen molar-refractivity contribution in [2.45, 2.75) is 69.5 Å². The SMILES string of the molecule is CC(C)(C)[S+]([O-])N[C@@](CCC1CC1)(c1ccncc1)c1ccc(F)c(NC(=O)c2cc(C(F)(F)F)nn2-c2cccc(CNC(=O)O)c2)c1. The maximum Gasteiger partial charge on any atom is 0.435 e. The molecule has 4 aromatic rings. The molecule has 1 unspecified atom stereocenters. The molecule has 15 heteroatoms. The van der Waals surface area contributed by atoms with E-state index in [-0.39, 0.29) is 17.9 Å². The zero-order valence-corrected chi connectivity index (χ0v) is 27.8. The number of aromatic nitrogens is 3. The van der Waals surface area contributed by atoms with Crippen molar-refractivity contribution in [2.24, 2.45) is 5.92 Å². The van der Waals surface area contributed by atoms with Gasteiger partial charge in [0, 0.05) is 36.4 Å². The fraction of sp³-hybridized carbons (Fsp3) is 0.353. The molecule has 1 aliphatic rings. The van der Waals surface area contributed by atoms with Crippen LogP contribution in [0.15, 0.2) is 73.1 Å². The Morgan fingerprint density at radius 1 is 1.02 bits per heavy atom. The number of pyridine rings is 1. The van der Waals surface area contributed by atoms with E-state index in [1.54, 1.807) is 30.6 Å². The van der Waals surface area contributed by atoms with E-state index in [1.807, 2.05) is 20.8 Å². The molecule has 2 amide bonds. The van der Waals surface area contributed by atoms with Crippen LogP contribution in [0.1, 0.15) is 79.3 Å². The van der Waals surface area contributed by atoms with Crippen LogP contribution in [0, 0.1) is 11.7 Å². The number of hydrogen-bond acceptors (Lipinski definition) is 6. The van der Waals surface area contributed by atoms with Gasteiger partial charge < -0.3 is 20.3 Å². The topological polar surface area (TPSA) is 144 Å². The van der Waals surface area contributed by atoms with Crippen LogP contribution in [0.25, 0.3) is 5.69 Å². The second-order valence-electron chi connectivity index (χ2n) is 12.9. The zero-order chi connectivity index (χ0) is 35.6. The number of hydrogen-bond donors (Lipinski definition) is 4. The lowest BCUT2D eigenvalue weighted by molar-refractivity contribution is -0.141. The summed E-state index contributed by atoms with van der Waals surface area (Å²) in [5, 5.41) is 17.2. The lowest BCUT2D eigenvalue weighted by Crippen LogP contribution is -2.52. The molecular formula is C34H36F4N6O4S. The summed E-state index contributed by atoms with van der Waals surface area (Å²) >= 11 is -1.60. The summed E-state index contributed by atoms with van der Waals surface area (Å²) in [6.45, 7) is 5.31. The third-order valence-electron chi connectivity index (χ3n) is 8.16. The number of benzene rings is 2. The highest BCUT2D eigenvalue weighted by atomic mass is 32.2. The van der Waals surface area contributed by atoms with Crippen molar-refractivity contribution in [3.63, 3.8) is 0 Å². The molecule has 4 N–H and O–H groups in total. The number of alkyl halides is 3. The molecule has 1 aliphatic carbocycles. The van der Waals surface area contributed by atoms with Gasteiger partial charge in [-0.25, -0.2) is 13.9 Å². The summed E-state index contributed by atoms with van der Waals surface area (Å²) in [5.74, 6) is -1.44. The first-order valence-electron chi connectivity index (χ1n) is 15.5. The molecule has 0 radical (unpaired) electrons. The third-order valence-corrected chi connectivity index (χ3v) is 9.81. The average Bonchev–Trinajstić information content (AvgIpc) is 3.76. The van der Waals surface area contributed by atoms with Crippen LogP contribution in [0.4, 0.5) is 28.0 Å². The van der Waals surface area contributed by atoms with E-state index >= 15 is 4.39 Å². The van der Waals surface area contributed by atoms with Crippen LogP contribution >= 0.6 is 0 Å². The standard InChI is InChI=1S/C34H36F4N6O4S/c1-32(2,3)49(48)43-33(14-11-21-7-8-21,23-12-15-39-16-13-23)24-9-10-26(35)27(18-24)41-30(45)28-19-29(34(36,37)38)42-44(28)25-6-4-5-22(17-25)20-40-31(46)47/h4-6,9-10,12-13,15-19,21,40,43H,7-8,11,14,20H2,1-3H3,(H,41,45)(H,46,47)/t33-,49?/m0/s1. The summed E-state index contributed by atoms with van der Waals surface area (Å²) in [6.07, 6.45) is 0.371. The molecule has 0 saturated heterocycles. The molecule has 2 heterocycles. The van der Waals surface area contributed by atoms with E-state index < -0.39 is 57.0 Å². The molecule has 0 aliphatic heterocycles. The van der Waals surface area contributed by atoms with Crippen molar-refractivity contribution in [3.8, 4) is 5.69 Å². The van der Waals surface area contributed by atoms with Crippen LogP contribution in [0.2, 0.25) is 0 Å². The molecule has 49 heavy (non-hydrogen) atoms. The fourth-order valence-corrected chi connectivity index (χ4v) is 6.29. The maximum absolute atomic E-state index is 15.5. The Balaban J connectivity index is 1.56. The van der Waals surface area contributed by atoms with Gasteiger partial charge in [0.05, 0.1) is 11.4 Å². The van der Waals surface area contributed by atoms with Gasteiger partial charge in [0.25, 0.3) is 5.91 Å². The number of anilines is 1.